The SMILES string of the molecule is C[C@H]1C[C@@H](C(=O)N2CCN(CC(=O)NCc3ccccc3)CC2)CCN1.Cl. The highest BCUT2D eigenvalue weighted by Gasteiger charge is 2.30. The van der Waals surface area contributed by atoms with E-state index in [1.54, 1.807) is 0 Å². The maximum atomic E-state index is 12.7. The minimum absolute atomic E-state index is 0. The van der Waals surface area contributed by atoms with Crippen molar-refractivity contribution >= 4 is 24.2 Å². The Bertz CT molecular complexity index is 605. The van der Waals surface area contributed by atoms with E-state index in [0.29, 0.717) is 25.0 Å². The lowest BCUT2D eigenvalue weighted by molar-refractivity contribution is -0.138. The predicted molar refractivity (Wildman–Crippen MR) is 109 cm³/mol. The van der Waals surface area contributed by atoms with Crippen molar-refractivity contribution in [1.29, 1.82) is 0 Å². The van der Waals surface area contributed by atoms with Crippen LogP contribution in [-0.4, -0.2) is 66.9 Å². The van der Waals surface area contributed by atoms with Crippen LogP contribution in [-0.2, 0) is 16.1 Å². The quantitative estimate of drug-likeness (QED) is 0.789. The molecule has 2 aliphatic heterocycles. The van der Waals surface area contributed by atoms with E-state index in [1.807, 2.05) is 35.2 Å². The van der Waals surface area contributed by atoms with Gasteiger partial charge in [0.1, 0.15) is 0 Å². The van der Waals surface area contributed by atoms with E-state index in [-0.39, 0.29) is 24.2 Å². The summed E-state index contributed by atoms with van der Waals surface area (Å²) in [6, 6.07) is 10.4. The second-order valence-corrected chi connectivity index (χ2v) is 7.44. The monoisotopic (exact) mass is 394 g/mol. The first-order valence-corrected chi connectivity index (χ1v) is 9.67. The van der Waals surface area contributed by atoms with Gasteiger partial charge in [0.25, 0.3) is 0 Å². The normalized spacial score (nSPS) is 23.4. The van der Waals surface area contributed by atoms with Gasteiger partial charge in [-0.2, -0.15) is 0 Å². The zero-order valence-corrected chi connectivity index (χ0v) is 16.8. The number of piperazine rings is 1. The molecule has 2 N–H and O–H groups in total. The van der Waals surface area contributed by atoms with Crippen LogP contribution in [0.2, 0.25) is 0 Å². The fourth-order valence-corrected chi connectivity index (χ4v) is 3.80. The number of halogens is 1. The smallest absolute Gasteiger partial charge is 0.234 e. The summed E-state index contributed by atoms with van der Waals surface area (Å²) >= 11 is 0. The lowest BCUT2D eigenvalue weighted by atomic mass is 9.92. The third-order valence-corrected chi connectivity index (χ3v) is 5.36. The first-order chi connectivity index (χ1) is 12.6. The Morgan fingerprint density at radius 3 is 2.52 bits per heavy atom. The number of carbonyl (C=O) groups is 2. The molecular formula is C20H31ClN4O2. The van der Waals surface area contributed by atoms with Crippen molar-refractivity contribution in [3.63, 3.8) is 0 Å². The fourth-order valence-electron chi connectivity index (χ4n) is 3.80. The molecule has 7 heteroatoms. The molecule has 2 saturated heterocycles. The van der Waals surface area contributed by atoms with Crippen LogP contribution in [0.25, 0.3) is 0 Å². The summed E-state index contributed by atoms with van der Waals surface area (Å²) < 4.78 is 0. The summed E-state index contributed by atoms with van der Waals surface area (Å²) in [4.78, 5) is 29.0. The van der Waals surface area contributed by atoms with Crippen molar-refractivity contribution in [2.75, 3.05) is 39.3 Å². The summed E-state index contributed by atoms with van der Waals surface area (Å²) in [5.41, 5.74) is 1.10. The van der Waals surface area contributed by atoms with Gasteiger partial charge in [0.2, 0.25) is 11.8 Å². The zero-order valence-electron chi connectivity index (χ0n) is 16.0. The number of carbonyl (C=O) groups excluding carboxylic acids is 2. The van der Waals surface area contributed by atoms with Gasteiger partial charge in [-0.15, -0.1) is 12.4 Å². The molecule has 0 unspecified atom stereocenters. The number of amides is 2. The van der Waals surface area contributed by atoms with Crippen molar-refractivity contribution in [1.82, 2.24) is 20.4 Å². The van der Waals surface area contributed by atoms with Gasteiger partial charge in [0.15, 0.2) is 0 Å². The molecule has 0 aliphatic carbocycles. The Labute approximate surface area is 168 Å². The Morgan fingerprint density at radius 2 is 1.85 bits per heavy atom. The summed E-state index contributed by atoms with van der Waals surface area (Å²) in [6.45, 7) is 7.03. The van der Waals surface area contributed by atoms with Gasteiger partial charge in [0.05, 0.1) is 6.54 Å². The molecule has 2 fully saturated rings. The molecule has 0 spiro atoms. The molecule has 2 aliphatic rings. The van der Waals surface area contributed by atoms with Crippen LogP contribution >= 0.6 is 12.4 Å². The van der Waals surface area contributed by atoms with E-state index < -0.39 is 0 Å². The van der Waals surface area contributed by atoms with Crippen molar-refractivity contribution in [2.24, 2.45) is 5.92 Å². The van der Waals surface area contributed by atoms with Gasteiger partial charge in [-0.1, -0.05) is 30.3 Å². The van der Waals surface area contributed by atoms with Crippen LogP contribution in [0, 0.1) is 5.92 Å². The van der Waals surface area contributed by atoms with E-state index in [2.05, 4.69) is 22.5 Å². The van der Waals surface area contributed by atoms with Crippen LogP contribution in [0.3, 0.4) is 0 Å². The van der Waals surface area contributed by atoms with Gasteiger partial charge in [-0.05, 0) is 31.9 Å². The minimum Gasteiger partial charge on any atom is -0.351 e. The Kier molecular flexibility index (Phi) is 8.54. The summed E-state index contributed by atoms with van der Waals surface area (Å²) in [5.74, 6) is 0.499. The highest BCUT2D eigenvalue weighted by atomic mass is 35.5. The van der Waals surface area contributed by atoms with Crippen molar-refractivity contribution in [2.45, 2.75) is 32.4 Å². The van der Waals surface area contributed by atoms with Crippen molar-refractivity contribution in [3.05, 3.63) is 35.9 Å². The highest BCUT2D eigenvalue weighted by molar-refractivity contribution is 5.85. The molecule has 0 bridgehead atoms. The van der Waals surface area contributed by atoms with E-state index >= 15 is 0 Å². The first kappa shape index (κ1) is 21.7. The van der Waals surface area contributed by atoms with Crippen LogP contribution in [0.5, 0.6) is 0 Å². The van der Waals surface area contributed by atoms with E-state index in [1.165, 1.54) is 0 Å². The number of benzene rings is 1. The molecule has 1 aromatic carbocycles. The fraction of sp³-hybridized carbons (Fsp3) is 0.600. The molecule has 3 rings (SSSR count). The average Bonchev–Trinajstić information content (AvgIpc) is 2.67. The number of hydrogen-bond acceptors (Lipinski definition) is 4. The summed E-state index contributed by atoms with van der Waals surface area (Å²) in [7, 11) is 0. The molecule has 150 valence electrons. The minimum atomic E-state index is 0. The highest BCUT2D eigenvalue weighted by Crippen LogP contribution is 2.19. The number of nitrogens with zero attached hydrogens (tertiary/aromatic N) is 2. The van der Waals surface area contributed by atoms with Crippen LogP contribution < -0.4 is 10.6 Å². The van der Waals surface area contributed by atoms with Gasteiger partial charge >= 0.3 is 0 Å². The van der Waals surface area contributed by atoms with Crippen LogP contribution in [0.15, 0.2) is 30.3 Å². The standard InChI is InChI=1S/C20H30N4O2.ClH/c1-16-13-18(7-8-21-16)20(26)24-11-9-23(10-12-24)15-19(25)22-14-17-5-3-2-4-6-17;/h2-6,16,18,21H,7-15H2,1H3,(H,22,25);1H/t16-,18-;/m0./s1. The van der Waals surface area contributed by atoms with E-state index in [9.17, 15) is 9.59 Å². The topological polar surface area (TPSA) is 64.7 Å². The third-order valence-electron chi connectivity index (χ3n) is 5.36. The third kappa shape index (κ3) is 6.48. The second-order valence-electron chi connectivity index (χ2n) is 7.44. The Morgan fingerprint density at radius 1 is 1.15 bits per heavy atom. The van der Waals surface area contributed by atoms with E-state index in [4.69, 9.17) is 0 Å². The zero-order chi connectivity index (χ0) is 18.4. The summed E-state index contributed by atoms with van der Waals surface area (Å²) in [6.07, 6.45) is 1.87. The molecule has 1 aromatic rings. The number of nitrogens with one attached hydrogen (secondary N) is 2. The second kappa shape index (κ2) is 10.6. The van der Waals surface area contributed by atoms with Gasteiger partial charge in [0, 0.05) is 44.7 Å². The number of rotatable bonds is 5. The lowest BCUT2D eigenvalue weighted by Crippen LogP contribution is -2.53. The molecule has 0 radical (unpaired) electrons. The number of piperidine rings is 1. The van der Waals surface area contributed by atoms with Gasteiger partial charge in [-0.25, -0.2) is 0 Å². The Hall–Kier alpha value is -1.63. The molecule has 2 heterocycles. The van der Waals surface area contributed by atoms with Gasteiger partial charge < -0.3 is 15.5 Å². The molecule has 0 aromatic heterocycles. The molecule has 27 heavy (non-hydrogen) atoms. The first-order valence-electron chi connectivity index (χ1n) is 9.67. The molecule has 0 saturated carbocycles. The molecule has 2 atom stereocenters. The van der Waals surface area contributed by atoms with E-state index in [0.717, 1.165) is 51.1 Å². The largest absolute Gasteiger partial charge is 0.351 e. The Balaban J connectivity index is 0.00000261. The molecule has 6 nitrogen and oxygen atoms in total. The van der Waals surface area contributed by atoms with Crippen LogP contribution in [0.4, 0.5) is 0 Å². The van der Waals surface area contributed by atoms with Gasteiger partial charge in [-0.3, -0.25) is 14.5 Å². The van der Waals surface area contributed by atoms with Crippen LogP contribution in [0.1, 0.15) is 25.3 Å². The van der Waals surface area contributed by atoms with Crippen molar-refractivity contribution < 1.29 is 9.59 Å². The maximum absolute atomic E-state index is 12.7. The molecule has 2 amide bonds. The maximum Gasteiger partial charge on any atom is 0.234 e. The lowest BCUT2D eigenvalue weighted by Gasteiger charge is -2.37. The molecular weight excluding hydrogens is 364 g/mol. The average molecular weight is 395 g/mol. The number of hydrogen-bond donors (Lipinski definition) is 2. The van der Waals surface area contributed by atoms with Crippen molar-refractivity contribution in [3.8, 4) is 0 Å². The predicted octanol–water partition coefficient (Wildman–Crippen LogP) is 1.26. The summed E-state index contributed by atoms with van der Waals surface area (Å²) in [5, 5.41) is 6.37.